The SMILES string of the molecule is CN1CCC(c2cccc(C3CCc4cc(C#N)cc(F)c4C3)n2)CC1. The van der Waals surface area contributed by atoms with Crippen LogP contribution in [0.2, 0.25) is 0 Å². The molecule has 0 saturated carbocycles. The van der Waals surface area contributed by atoms with E-state index in [9.17, 15) is 4.39 Å². The fourth-order valence-corrected chi connectivity index (χ4v) is 4.37. The van der Waals surface area contributed by atoms with Crippen LogP contribution in [0.4, 0.5) is 4.39 Å². The molecule has 0 bridgehead atoms. The van der Waals surface area contributed by atoms with E-state index in [1.807, 2.05) is 6.07 Å². The fourth-order valence-electron chi connectivity index (χ4n) is 4.37. The Morgan fingerprint density at radius 1 is 1.12 bits per heavy atom. The summed E-state index contributed by atoms with van der Waals surface area (Å²) in [6.45, 7) is 2.25. The lowest BCUT2D eigenvalue weighted by Crippen LogP contribution is -2.29. The number of rotatable bonds is 2. The van der Waals surface area contributed by atoms with E-state index in [0.717, 1.165) is 55.6 Å². The number of halogens is 1. The first-order valence-electron chi connectivity index (χ1n) is 9.51. The number of aryl methyl sites for hydroxylation is 1. The molecule has 1 atom stereocenters. The summed E-state index contributed by atoms with van der Waals surface area (Å²) in [5, 5.41) is 9.03. The van der Waals surface area contributed by atoms with Crippen molar-refractivity contribution in [2.75, 3.05) is 20.1 Å². The van der Waals surface area contributed by atoms with Gasteiger partial charge in [0.05, 0.1) is 11.6 Å². The average Bonchev–Trinajstić information content (AvgIpc) is 2.68. The number of hydrogen-bond acceptors (Lipinski definition) is 3. The summed E-state index contributed by atoms with van der Waals surface area (Å²) in [6, 6.07) is 11.6. The predicted molar refractivity (Wildman–Crippen MR) is 99.6 cm³/mol. The Bertz CT molecular complexity index is 847. The molecule has 0 N–H and O–H groups in total. The first-order valence-corrected chi connectivity index (χ1v) is 9.51. The first kappa shape index (κ1) is 17.2. The molecule has 1 fully saturated rings. The molecule has 1 saturated heterocycles. The highest BCUT2D eigenvalue weighted by molar-refractivity contribution is 5.42. The van der Waals surface area contributed by atoms with Gasteiger partial charge in [0.2, 0.25) is 0 Å². The van der Waals surface area contributed by atoms with Gasteiger partial charge in [-0.1, -0.05) is 6.07 Å². The molecule has 4 heteroatoms. The third-order valence-corrected chi connectivity index (χ3v) is 5.98. The van der Waals surface area contributed by atoms with Crippen molar-refractivity contribution in [3.05, 3.63) is 64.2 Å². The minimum Gasteiger partial charge on any atom is -0.306 e. The zero-order valence-electron chi connectivity index (χ0n) is 15.2. The first-order chi connectivity index (χ1) is 12.6. The van der Waals surface area contributed by atoms with Crippen LogP contribution in [-0.4, -0.2) is 30.0 Å². The van der Waals surface area contributed by atoms with Gasteiger partial charge >= 0.3 is 0 Å². The van der Waals surface area contributed by atoms with E-state index in [-0.39, 0.29) is 11.7 Å². The van der Waals surface area contributed by atoms with E-state index < -0.39 is 0 Å². The number of nitriles is 1. The maximum absolute atomic E-state index is 14.4. The zero-order valence-corrected chi connectivity index (χ0v) is 15.2. The van der Waals surface area contributed by atoms with Crippen molar-refractivity contribution < 1.29 is 4.39 Å². The van der Waals surface area contributed by atoms with Crippen LogP contribution >= 0.6 is 0 Å². The van der Waals surface area contributed by atoms with Crippen LogP contribution in [-0.2, 0) is 12.8 Å². The third-order valence-electron chi connectivity index (χ3n) is 5.98. The van der Waals surface area contributed by atoms with E-state index in [1.54, 1.807) is 0 Å². The van der Waals surface area contributed by atoms with Gasteiger partial charge in [-0.15, -0.1) is 0 Å². The molecule has 134 valence electrons. The molecule has 4 rings (SSSR count). The second-order valence-electron chi connectivity index (χ2n) is 7.71. The normalized spacial score (nSPS) is 21.2. The predicted octanol–water partition coefficient (Wildman–Crippen LogP) is 4.17. The number of piperidine rings is 1. The lowest BCUT2D eigenvalue weighted by Gasteiger charge is -2.29. The number of hydrogen-bond donors (Lipinski definition) is 0. The number of pyridine rings is 1. The molecule has 26 heavy (non-hydrogen) atoms. The summed E-state index contributed by atoms with van der Waals surface area (Å²) >= 11 is 0. The van der Waals surface area contributed by atoms with Crippen LogP contribution in [0.25, 0.3) is 0 Å². The quantitative estimate of drug-likeness (QED) is 0.817. The number of benzene rings is 1. The number of likely N-dealkylation sites (tertiary alicyclic amines) is 1. The Kier molecular flexibility index (Phi) is 4.74. The van der Waals surface area contributed by atoms with Crippen LogP contribution < -0.4 is 0 Å². The molecule has 1 aromatic carbocycles. The zero-order chi connectivity index (χ0) is 18.1. The summed E-state index contributed by atoms with van der Waals surface area (Å²) in [5.74, 6) is 0.559. The largest absolute Gasteiger partial charge is 0.306 e. The Morgan fingerprint density at radius 3 is 2.58 bits per heavy atom. The highest BCUT2D eigenvalue weighted by Gasteiger charge is 2.26. The molecular weight excluding hydrogens is 325 g/mol. The van der Waals surface area contributed by atoms with Crippen molar-refractivity contribution >= 4 is 0 Å². The van der Waals surface area contributed by atoms with E-state index in [0.29, 0.717) is 17.9 Å². The van der Waals surface area contributed by atoms with E-state index in [1.165, 1.54) is 11.8 Å². The van der Waals surface area contributed by atoms with Gasteiger partial charge in [-0.25, -0.2) is 4.39 Å². The molecule has 2 heterocycles. The molecule has 1 aromatic heterocycles. The minimum absolute atomic E-state index is 0.241. The number of nitrogens with zero attached hydrogens (tertiary/aromatic N) is 3. The number of aromatic nitrogens is 1. The molecule has 1 aliphatic heterocycles. The Hall–Kier alpha value is -2.25. The summed E-state index contributed by atoms with van der Waals surface area (Å²) in [6.07, 6.45) is 4.77. The van der Waals surface area contributed by atoms with Gasteiger partial charge in [0.1, 0.15) is 5.82 Å². The van der Waals surface area contributed by atoms with Crippen LogP contribution in [0.5, 0.6) is 0 Å². The maximum Gasteiger partial charge on any atom is 0.128 e. The Labute approximate surface area is 154 Å². The monoisotopic (exact) mass is 349 g/mol. The molecular formula is C22H24FN3. The van der Waals surface area contributed by atoms with Crippen molar-refractivity contribution in [1.82, 2.24) is 9.88 Å². The Morgan fingerprint density at radius 2 is 1.85 bits per heavy atom. The molecule has 3 nitrogen and oxygen atoms in total. The third kappa shape index (κ3) is 3.37. The summed E-state index contributed by atoms with van der Waals surface area (Å²) in [7, 11) is 2.17. The molecule has 0 spiro atoms. The standard InChI is InChI=1S/C22H24FN3/c1-26-9-7-16(8-10-26)21-3-2-4-22(25-21)18-6-5-17-11-15(14-24)12-20(23)19(17)13-18/h2-4,11-12,16,18H,5-10,13H2,1H3. The highest BCUT2D eigenvalue weighted by Crippen LogP contribution is 2.35. The molecule has 0 radical (unpaired) electrons. The fraction of sp³-hybridized carbons (Fsp3) is 0.455. The Balaban J connectivity index is 1.56. The van der Waals surface area contributed by atoms with Crippen molar-refractivity contribution in [2.24, 2.45) is 0 Å². The van der Waals surface area contributed by atoms with E-state index in [4.69, 9.17) is 10.2 Å². The lowest BCUT2D eigenvalue weighted by atomic mass is 9.81. The topological polar surface area (TPSA) is 39.9 Å². The van der Waals surface area contributed by atoms with Crippen molar-refractivity contribution in [2.45, 2.75) is 43.9 Å². The van der Waals surface area contributed by atoms with Crippen LogP contribution in [0.1, 0.15) is 59.2 Å². The summed E-state index contributed by atoms with van der Waals surface area (Å²) in [5.41, 5.74) is 4.47. The summed E-state index contributed by atoms with van der Waals surface area (Å²) in [4.78, 5) is 7.36. The van der Waals surface area contributed by atoms with Crippen molar-refractivity contribution in [3.63, 3.8) is 0 Å². The highest BCUT2D eigenvalue weighted by atomic mass is 19.1. The lowest BCUT2D eigenvalue weighted by molar-refractivity contribution is 0.253. The summed E-state index contributed by atoms with van der Waals surface area (Å²) < 4.78 is 14.4. The molecule has 1 unspecified atom stereocenters. The molecule has 1 aliphatic carbocycles. The van der Waals surface area contributed by atoms with Gasteiger partial charge in [0, 0.05) is 23.2 Å². The van der Waals surface area contributed by atoms with Gasteiger partial charge < -0.3 is 4.90 Å². The smallest absolute Gasteiger partial charge is 0.128 e. The average molecular weight is 349 g/mol. The van der Waals surface area contributed by atoms with E-state index in [2.05, 4.69) is 36.2 Å². The van der Waals surface area contributed by atoms with Crippen molar-refractivity contribution in [1.29, 1.82) is 5.26 Å². The minimum atomic E-state index is -0.241. The van der Waals surface area contributed by atoms with E-state index >= 15 is 0 Å². The van der Waals surface area contributed by atoms with Crippen LogP contribution in [0.15, 0.2) is 30.3 Å². The molecule has 2 aromatic rings. The van der Waals surface area contributed by atoms with Gasteiger partial charge in [0.25, 0.3) is 0 Å². The van der Waals surface area contributed by atoms with Gasteiger partial charge in [-0.05, 0) is 87.6 Å². The van der Waals surface area contributed by atoms with Crippen LogP contribution in [0, 0.1) is 17.1 Å². The second kappa shape index (κ2) is 7.17. The van der Waals surface area contributed by atoms with Crippen molar-refractivity contribution in [3.8, 4) is 6.07 Å². The maximum atomic E-state index is 14.4. The molecule has 0 amide bonds. The second-order valence-corrected chi connectivity index (χ2v) is 7.71. The van der Waals surface area contributed by atoms with Crippen LogP contribution in [0.3, 0.4) is 0 Å². The number of fused-ring (bicyclic) bond motifs is 1. The van der Waals surface area contributed by atoms with Gasteiger partial charge in [-0.2, -0.15) is 5.26 Å². The van der Waals surface area contributed by atoms with Gasteiger partial charge in [0.15, 0.2) is 0 Å². The van der Waals surface area contributed by atoms with Gasteiger partial charge in [-0.3, -0.25) is 4.98 Å². The molecule has 2 aliphatic rings.